The minimum atomic E-state index is -1.44. The van der Waals surface area contributed by atoms with Crippen molar-refractivity contribution >= 4 is 5.91 Å². The minimum Gasteiger partial charge on any atom is -0.357 e. The Kier molecular flexibility index (Phi) is 3.99. The lowest BCUT2D eigenvalue weighted by Crippen LogP contribution is -2.56. The Hall–Kier alpha value is -0.680. The lowest BCUT2D eigenvalue weighted by Gasteiger charge is -2.22. The number of nitrogens with one attached hydrogen (secondary N) is 1. The Morgan fingerprint density at radius 2 is 2.27 bits per heavy atom. The van der Waals surface area contributed by atoms with E-state index < -0.39 is 18.1 Å². The molecule has 0 rings (SSSR count). The number of amides is 1. The molecule has 0 bridgehead atoms. The largest absolute Gasteiger partial charge is 0.357 e. The summed E-state index contributed by atoms with van der Waals surface area (Å²) in [6, 6.07) is 0. The molecule has 4 nitrogen and oxygen atoms in total. The van der Waals surface area contributed by atoms with Crippen LogP contribution in [-0.2, 0) is 4.79 Å². The van der Waals surface area contributed by atoms with Gasteiger partial charge in [-0.25, -0.2) is 4.39 Å². The fourth-order valence-electron chi connectivity index (χ4n) is 0.748. The van der Waals surface area contributed by atoms with Crippen molar-refractivity contribution in [2.45, 2.75) is 12.0 Å². The summed E-state index contributed by atoms with van der Waals surface area (Å²) in [6.45, 7) is -0.683. The van der Waals surface area contributed by atoms with E-state index in [0.717, 1.165) is 0 Å². The molecule has 66 valence electrons. The highest BCUT2D eigenvalue weighted by atomic mass is 19.1. The molecule has 0 fully saturated rings. The van der Waals surface area contributed by atoms with Crippen LogP contribution in [0.5, 0.6) is 0 Å². The number of carbonyl (C=O) groups is 1. The summed E-state index contributed by atoms with van der Waals surface area (Å²) in [5.74, 6) is -0.509. The Balaban J connectivity index is 4.19. The molecule has 1 atom stereocenters. The Morgan fingerprint density at radius 1 is 1.73 bits per heavy atom. The zero-order chi connectivity index (χ0) is 8.91. The van der Waals surface area contributed by atoms with Crippen molar-refractivity contribution in [1.82, 2.24) is 5.32 Å². The number of carbonyl (C=O) groups excluding carboxylic acids is 1. The van der Waals surface area contributed by atoms with Gasteiger partial charge in [-0.2, -0.15) is 0 Å². The van der Waals surface area contributed by atoms with Gasteiger partial charge in [-0.1, -0.05) is 0 Å². The summed E-state index contributed by atoms with van der Waals surface area (Å²) in [6.07, 6.45) is 0.156. The van der Waals surface area contributed by atoms with Gasteiger partial charge in [-0.15, -0.1) is 0 Å². The molecule has 0 saturated heterocycles. The van der Waals surface area contributed by atoms with Gasteiger partial charge < -0.3 is 16.8 Å². The Morgan fingerprint density at radius 3 is 2.55 bits per heavy atom. The zero-order valence-corrected chi connectivity index (χ0v) is 6.56. The maximum Gasteiger partial charge on any atom is 0.242 e. The van der Waals surface area contributed by atoms with Crippen LogP contribution in [0.1, 0.15) is 6.42 Å². The highest BCUT2D eigenvalue weighted by molar-refractivity contribution is 5.85. The molecule has 11 heavy (non-hydrogen) atoms. The molecule has 0 aliphatic rings. The van der Waals surface area contributed by atoms with E-state index in [1.807, 2.05) is 0 Å². The first-order valence-electron chi connectivity index (χ1n) is 3.38. The van der Waals surface area contributed by atoms with Crippen molar-refractivity contribution < 1.29 is 9.18 Å². The van der Waals surface area contributed by atoms with Crippen LogP contribution in [0.3, 0.4) is 0 Å². The summed E-state index contributed by atoms with van der Waals surface area (Å²) < 4.78 is 12.2. The van der Waals surface area contributed by atoms with Crippen LogP contribution in [0.2, 0.25) is 0 Å². The molecular weight excluding hydrogens is 149 g/mol. The lowest BCUT2D eigenvalue weighted by molar-refractivity contribution is -0.126. The van der Waals surface area contributed by atoms with Gasteiger partial charge in [0.2, 0.25) is 5.91 Å². The van der Waals surface area contributed by atoms with Gasteiger partial charge in [0.05, 0.1) is 0 Å². The van der Waals surface area contributed by atoms with E-state index in [1.54, 1.807) is 0 Å². The first-order chi connectivity index (χ1) is 5.10. The zero-order valence-electron chi connectivity index (χ0n) is 6.56. The maximum absolute atomic E-state index is 12.2. The summed E-state index contributed by atoms with van der Waals surface area (Å²) >= 11 is 0. The highest BCUT2D eigenvalue weighted by Crippen LogP contribution is 2.05. The van der Waals surface area contributed by atoms with Gasteiger partial charge >= 0.3 is 0 Å². The summed E-state index contributed by atoms with van der Waals surface area (Å²) in [5.41, 5.74) is 9.11. The predicted octanol–water partition coefficient (Wildman–Crippen LogP) is -1.25. The SMILES string of the molecule is CNC(=O)C(N)(CF)CCN. The molecule has 0 heterocycles. The van der Waals surface area contributed by atoms with Crippen molar-refractivity contribution in [1.29, 1.82) is 0 Å². The van der Waals surface area contributed by atoms with Gasteiger partial charge in [0.25, 0.3) is 0 Å². The van der Waals surface area contributed by atoms with Gasteiger partial charge in [0.1, 0.15) is 12.2 Å². The van der Waals surface area contributed by atoms with E-state index in [9.17, 15) is 9.18 Å². The number of halogens is 1. The number of nitrogens with two attached hydrogens (primary N) is 2. The average molecular weight is 163 g/mol. The van der Waals surface area contributed by atoms with E-state index in [-0.39, 0.29) is 13.0 Å². The average Bonchev–Trinajstić information content (AvgIpc) is 2.03. The second-order valence-corrected chi connectivity index (χ2v) is 2.41. The van der Waals surface area contributed by atoms with E-state index in [4.69, 9.17) is 11.5 Å². The number of alkyl halides is 1. The second-order valence-electron chi connectivity index (χ2n) is 2.41. The van der Waals surface area contributed by atoms with Crippen LogP contribution >= 0.6 is 0 Å². The van der Waals surface area contributed by atoms with E-state index in [1.165, 1.54) is 7.05 Å². The van der Waals surface area contributed by atoms with E-state index in [0.29, 0.717) is 0 Å². The van der Waals surface area contributed by atoms with Crippen LogP contribution in [-0.4, -0.2) is 31.7 Å². The monoisotopic (exact) mass is 163 g/mol. The van der Waals surface area contributed by atoms with E-state index in [2.05, 4.69) is 5.32 Å². The molecule has 0 aromatic heterocycles. The molecule has 0 radical (unpaired) electrons. The lowest BCUT2D eigenvalue weighted by atomic mass is 9.97. The molecule has 0 aliphatic carbocycles. The maximum atomic E-state index is 12.2. The van der Waals surface area contributed by atoms with Gasteiger partial charge in [-0.05, 0) is 13.0 Å². The molecular formula is C6H14FN3O. The van der Waals surface area contributed by atoms with Crippen LogP contribution < -0.4 is 16.8 Å². The topological polar surface area (TPSA) is 81.1 Å². The molecule has 0 spiro atoms. The third-order valence-corrected chi connectivity index (χ3v) is 1.51. The normalized spacial score (nSPS) is 15.6. The van der Waals surface area contributed by atoms with Crippen LogP contribution in [0, 0.1) is 0 Å². The fraction of sp³-hybridized carbons (Fsp3) is 0.833. The Bertz CT molecular complexity index is 142. The van der Waals surface area contributed by atoms with Crippen molar-refractivity contribution in [3.05, 3.63) is 0 Å². The number of likely N-dealkylation sites (N-methyl/N-ethyl adjacent to an activating group) is 1. The minimum absolute atomic E-state index is 0.156. The first kappa shape index (κ1) is 10.3. The van der Waals surface area contributed by atoms with Gasteiger partial charge in [-0.3, -0.25) is 4.79 Å². The van der Waals surface area contributed by atoms with E-state index >= 15 is 0 Å². The van der Waals surface area contributed by atoms with Crippen molar-refractivity contribution in [2.24, 2.45) is 11.5 Å². The Labute approximate surface area is 65.1 Å². The smallest absolute Gasteiger partial charge is 0.242 e. The van der Waals surface area contributed by atoms with Crippen LogP contribution in [0.25, 0.3) is 0 Å². The highest BCUT2D eigenvalue weighted by Gasteiger charge is 2.32. The van der Waals surface area contributed by atoms with Gasteiger partial charge in [0, 0.05) is 7.05 Å². The van der Waals surface area contributed by atoms with Crippen molar-refractivity contribution in [2.75, 3.05) is 20.3 Å². The standard InChI is InChI=1S/C6H14FN3O/c1-10-5(11)6(9,4-7)2-3-8/h2-4,8-9H2,1H3,(H,10,11). The van der Waals surface area contributed by atoms with Crippen molar-refractivity contribution in [3.63, 3.8) is 0 Å². The first-order valence-corrected chi connectivity index (χ1v) is 3.38. The molecule has 0 aromatic rings. The molecule has 5 heteroatoms. The molecule has 0 saturated carbocycles. The predicted molar refractivity (Wildman–Crippen MR) is 40.6 cm³/mol. The number of hydrogen-bond acceptors (Lipinski definition) is 3. The number of rotatable bonds is 4. The molecule has 1 amide bonds. The summed E-state index contributed by atoms with van der Waals surface area (Å²) in [7, 11) is 1.41. The molecule has 0 aliphatic heterocycles. The van der Waals surface area contributed by atoms with Crippen LogP contribution in [0.15, 0.2) is 0 Å². The number of hydrogen-bond donors (Lipinski definition) is 3. The molecule has 1 unspecified atom stereocenters. The molecule has 0 aromatic carbocycles. The summed E-state index contributed by atoms with van der Waals surface area (Å²) in [4.78, 5) is 10.9. The summed E-state index contributed by atoms with van der Waals surface area (Å²) in [5, 5.41) is 2.28. The second kappa shape index (κ2) is 4.25. The van der Waals surface area contributed by atoms with Crippen LogP contribution in [0.4, 0.5) is 4.39 Å². The molecule has 5 N–H and O–H groups in total. The van der Waals surface area contributed by atoms with Gasteiger partial charge in [0.15, 0.2) is 0 Å². The third kappa shape index (κ3) is 2.44. The van der Waals surface area contributed by atoms with Crippen molar-refractivity contribution in [3.8, 4) is 0 Å². The third-order valence-electron chi connectivity index (χ3n) is 1.51. The quantitative estimate of drug-likeness (QED) is 0.484. The fourth-order valence-corrected chi connectivity index (χ4v) is 0.748.